The number of hydrogen-bond acceptors (Lipinski definition) is 3. The van der Waals surface area contributed by atoms with E-state index in [1.165, 1.54) is 6.07 Å². The lowest BCUT2D eigenvalue weighted by Gasteiger charge is -2.09. The number of carbonyl (C=O) groups excluding carboxylic acids is 2. The number of anilines is 1. The molecule has 3 N–H and O–H groups in total. The van der Waals surface area contributed by atoms with E-state index < -0.39 is 5.91 Å². The summed E-state index contributed by atoms with van der Waals surface area (Å²) in [7, 11) is 1.59. The molecule has 6 heteroatoms. The van der Waals surface area contributed by atoms with Gasteiger partial charge in [-0.2, -0.15) is 0 Å². The first-order chi connectivity index (χ1) is 11.6. The minimum atomic E-state index is -0.392. The van der Waals surface area contributed by atoms with Gasteiger partial charge in [-0.25, -0.2) is 0 Å². The largest absolute Gasteiger partial charge is 0.507 e. The number of nitrogens with one attached hydrogen (secondary N) is 2. The average Bonchev–Trinajstić information content (AvgIpc) is 2.97. The summed E-state index contributed by atoms with van der Waals surface area (Å²) in [5.74, 6) is -0.563. The minimum absolute atomic E-state index is 0.0703. The number of aromatic hydroxyl groups is 1. The lowest BCUT2D eigenvalue weighted by atomic mass is 10.1. The van der Waals surface area contributed by atoms with Crippen LogP contribution < -0.4 is 10.6 Å². The summed E-state index contributed by atoms with van der Waals surface area (Å²) in [5.41, 5.74) is 1.64. The van der Waals surface area contributed by atoms with E-state index in [4.69, 9.17) is 0 Å². The molecule has 2 amide bonds. The zero-order valence-electron chi connectivity index (χ0n) is 13.1. The van der Waals surface area contributed by atoms with E-state index >= 15 is 0 Å². The standard InChI is InChI=1S/C18H17N3O3/c1-19-17(23)11-21-9-8-12-6-7-13(10-15(12)21)20-18(24)14-4-2-3-5-16(14)22/h2-10,22H,11H2,1H3,(H,19,23)(H,20,24). The van der Waals surface area contributed by atoms with E-state index in [9.17, 15) is 14.7 Å². The molecule has 0 atom stereocenters. The predicted molar refractivity (Wildman–Crippen MR) is 92.1 cm³/mol. The number of aromatic nitrogens is 1. The molecular weight excluding hydrogens is 306 g/mol. The second-order valence-electron chi connectivity index (χ2n) is 5.36. The summed E-state index contributed by atoms with van der Waals surface area (Å²) in [6.45, 7) is 0.205. The molecule has 6 nitrogen and oxygen atoms in total. The summed E-state index contributed by atoms with van der Waals surface area (Å²) in [6, 6.07) is 13.7. The van der Waals surface area contributed by atoms with Crippen molar-refractivity contribution in [3.05, 3.63) is 60.3 Å². The van der Waals surface area contributed by atoms with Gasteiger partial charge in [-0.3, -0.25) is 9.59 Å². The first-order valence-corrected chi connectivity index (χ1v) is 7.47. The van der Waals surface area contributed by atoms with E-state index in [0.29, 0.717) is 5.69 Å². The molecule has 2 aromatic carbocycles. The van der Waals surface area contributed by atoms with Gasteiger partial charge in [0.2, 0.25) is 5.91 Å². The third kappa shape index (κ3) is 3.08. The van der Waals surface area contributed by atoms with Gasteiger partial charge >= 0.3 is 0 Å². The van der Waals surface area contributed by atoms with Crippen LogP contribution in [0.5, 0.6) is 5.75 Å². The van der Waals surface area contributed by atoms with Crippen molar-refractivity contribution in [2.24, 2.45) is 0 Å². The fourth-order valence-electron chi connectivity index (χ4n) is 2.50. The zero-order valence-corrected chi connectivity index (χ0v) is 13.1. The Kier molecular flexibility index (Phi) is 4.20. The lowest BCUT2D eigenvalue weighted by Crippen LogP contribution is -2.23. The van der Waals surface area contributed by atoms with Crippen molar-refractivity contribution in [3.63, 3.8) is 0 Å². The van der Waals surface area contributed by atoms with E-state index in [2.05, 4.69) is 10.6 Å². The Morgan fingerprint density at radius 3 is 2.67 bits per heavy atom. The third-order valence-corrected chi connectivity index (χ3v) is 3.77. The molecule has 0 radical (unpaired) electrons. The van der Waals surface area contributed by atoms with Crippen molar-refractivity contribution < 1.29 is 14.7 Å². The second kappa shape index (κ2) is 6.45. The van der Waals surface area contributed by atoms with E-state index in [-0.39, 0.29) is 23.8 Å². The fraction of sp³-hybridized carbons (Fsp3) is 0.111. The Labute approximate surface area is 138 Å². The molecule has 0 bridgehead atoms. The maximum Gasteiger partial charge on any atom is 0.259 e. The predicted octanol–water partition coefficient (Wildman–Crippen LogP) is 2.35. The van der Waals surface area contributed by atoms with Crippen molar-refractivity contribution in [2.45, 2.75) is 6.54 Å². The number of rotatable bonds is 4. The molecule has 0 saturated carbocycles. The quantitative estimate of drug-likeness (QED) is 0.689. The van der Waals surface area contributed by atoms with E-state index in [1.54, 1.807) is 37.4 Å². The topological polar surface area (TPSA) is 83.4 Å². The molecule has 0 spiro atoms. The van der Waals surface area contributed by atoms with Crippen LogP contribution in [0.1, 0.15) is 10.4 Å². The molecular formula is C18H17N3O3. The van der Waals surface area contributed by atoms with Crippen LogP contribution in [-0.4, -0.2) is 28.5 Å². The number of benzene rings is 2. The monoisotopic (exact) mass is 323 g/mol. The molecule has 3 rings (SSSR count). The molecule has 0 aliphatic rings. The maximum atomic E-state index is 12.3. The summed E-state index contributed by atoms with van der Waals surface area (Å²) in [5, 5.41) is 16.1. The Bertz CT molecular complexity index is 915. The van der Waals surface area contributed by atoms with Gasteiger partial charge < -0.3 is 20.3 Å². The van der Waals surface area contributed by atoms with Crippen molar-refractivity contribution in [3.8, 4) is 5.75 Å². The molecule has 3 aromatic rings. The highest BCUT2D eigenvalue weighted by atomic mass is 16.3. The van der Waals surface area contributed by atoms with Crippen LogP contribution >= 0.6 is 0 Å². The van der Waals surface area contributed by atoms with Crippen molar-refractivity contribution >= 4 is 28.4 Å². The molecule has 1 aromatic heterocycles. The first-order valence-electron chi connectivity index (χ1n) is 7.47. The molecule has 0 aliphatic carbocycles. The van der Waals surface area contributed by atoms with Crippen molar-refractivity contribution in [1.29, 1.82) is 0 Å². The Morgan fingerprint density at radius 2 is 1.92 bits per heavy atom. The Balaban J connectivity index is 1.87. The summed E-state index contributed by atoms with van der Waals surface area (Å²) in [6.07, 6.45) is 1.83. The highest BCUT2D eigenvalue weighted by molar-refractivity contribution is 6.06. The van der Waals surface area contributed by atoms with Crippen LogP contribution in [0.15, 0.2) is 54.7 Å². The van der Waals surface area contributed by atoms with Gasteiger partial charge in [0.05, 0.1) is 11.1 Å². The van der Waals surface area contributed by atoms with Gasteiger partial charge in [-0.05, 0) is 35.7 Å². The number of likely N-dealkylation sites (N-methyl/N-ethyl adjacent to an activating group) is 1. The number of fused-ring (bicyclic) bond motifs is 1. The zero-order chi connectivity index (χ0) is 17.1. The summed E-state index contributed by atoms with van der Waals surface area (Å²) >= 11 is 0. The molecule has 1 heterocycles. The van der Waals surface area contributed by atoms with Gasteiger partial charge in [0, 0.05) is 18.9 Å². The van der Waals surface area contributed by atoms with E-state index in [1.807, 2.05) is 22.9 Å². The van der Waals surface area contributed by atoms with Gasteiger partial charge in [0.25, 0.3) is 5.91 Å². The van der Waals surface area contributed by atoms with Crippen LogP contribution in [0.3, 0.4) is 0 Å². The normalized spacial score (nSPS) is 10.5. The summed E-state index contributed by atoms with van der Waals surface area (Å²) in [4.78, 5) is 23.9. The number of nitrogens with zero attached hydrogens (tertiary/aromatic N) is 1. The fourth-order valence-corrected chi connectivity index (χ4v) is 2.50. The average molecular weight is 323 g/mol. The van der Waals surface area contributed by atoms with E-state index in [0.717, 1.165) is 10.9 Å². The van der Waals surface area contributed by atoms with Crippen LogP contribution in [0.2, 0.25) is 0 Å². The summed E-state index contributed by atoms with van der Waals surface area (Å²) < 4.78 is 1.81. The number of para-hydroxylation sites is 1. The number of carbonyl (C=O) groups is 2. The molecule has 0 unspecified atom stereocenters. The smallest absolute Gasteiger partial charge is 0.259 e. The third-order valence-electron chi connectivity index (χ3n) is 3.77. The van der Waals surface area contributed by atoms with Crippen molar-refractivity contribution in [1.82, 2.24) is 9.88 Å². The SMILES string of the molecule is CNC(=O)Cn1ccc2ccc(NC(=O)c3ccccc3O)cc21. The second-order valence-corrected chi connectivity index (χ2v) is 5.36. The van der Waals surface area contributed by atoms with Crippen molar-refractivity contribution in [2.75, 3.05) is 12.4 Å². The number of phenols is 1. The number of phenolic OH excluding ortho intramolecular Hbond substituents is 1. The highest BCUT2D eigenvalue weighted by Gasteiger charge is 2.11. The van der Waals surface area contributed by atoms with Gasteiger partial charge in [-0.1, -0.05) is 18.2 Å². The number of hydrogen-bond donors (Lipinski definition) is 3. The lowest BCUT2D eigenvalue weighted by molar-refractivity contribution is -0.121. The molecule has 122 valence electrons. The molecule has 24 heavy (non-hydrogen) atoms. The molecule has 0 saturated heterocycles. The first kappa shape index (κ1) is 15.6. The maximum absolute atomic E-state index is 12.3. The Hall–Kier alpha value is -3.28. The highest BCUT2D eigenvalue weighted by Crippen LogP contribution is 2.22. The van der Waals surface area contributed by atoms with Crippen LogP contribution in [0, 0.1) is 0 Å². The molecule has 0 aliphatic heterocycles. The Morgan fingerprint density at radius 1 is 1.12 bits per heavy atom. The van der Waals surface area contributed by atoms with Crippen LogP contribution in [-0.2, 0) is 11.3 Å². The van der Waals surface area contributed by atoms with Gasteiger partial charge in [-0.15, -0.1) is 0 Å². The molecule has 0 fully saturated rings. The minimum Gasteiger partial charge on any atom is -0.507 e. The van der Waals surface area contributed by atoms with Gasteiger partial charge in [0.1, 0.15) is 12.3 Å². The van der Waals surface area contributed by atoms with Crippen LogP contribution in [0.4, 0.5) is 5.69 Å². The van der Waals surface area contributed by atoms with Crippen LogP contribution in [0.25, 0.3) is 10.9 Å². The van der Waals surface area contributed by atoms with Gasteiger partial charge in [0.15, 0.2) is 0 Å². The number of amides is 2.